The number of aromatic nitrogens is 2. The molecule has 1 saturated carbocycles. The van der Waals surface area contributed by atoms with Gasteiger partial charge in [-0.2, -0.15) is 5.10 Å². The van der Waals surface area contributed by atoms with E-state index >= 15 is 0 Å². The Kier molecular flexibility index (Phi) is 3.35. The third-order valence-corrected chi connectivity index (χ3v) is 4.71. The van der Waals surface area contributed by atoms with Gasteiger partial charge in [0.15, 0.2) is 0 Å². The number of benzene rings is 1. The van der Waals surface area contributed by atoms with E-state index in [1.807, 2.05) is 19.2 Å². The summed E-state index contributed by atoms with van der Waals surface area (Å²) < 4.78 is 2.87. The monoisotopic (exact) mass is 319 g/mol. The number of nitrogens with zero attached hydrogens (tertiary/aromatic N) is 2. The van der Waals surface area contributed by atoms with Crippen molar-refractivity contribution in [3.63, 3.8) is 0 Å². The molecule has 0 spiro atoms. The lowest BCUT2D eigenvalue weighted by molar-refractivity contribution is 0.311. The lowest BCUT2D eigenvalue weighted by atomic mass is 9.81. The summed E-state index contributed by atoms with van der Waals surface area (Å²) in [4.78, 5) is 0. The van der Waals surface area contributed by atoms with Gasteiger partial charge in [-0.05, 0) is 18.4 Å². The maximum absolute atomic E-state index is 6.22. The fourth-order valence-corrected chi connectivity index (χ4v) is 3.15. The first kappa shape index (κ1) is 12.7. The van der Waals surface area contributed by atoms with E-state index < -0.39 is 0 Å². The fourth-order valence-electron chi connectivity index (χ4n) is 2.67. The molecule has 1 heterocycles. The minimum absolute atomic E-state index is 0.751. The average molecular weight is 320 g/mol. The zero-order valence-corrected chi connectivity index (χ0v) is 12.7. The summed E-state index contributed by atoms with van der Waals surface area (Å²) >= 11 is 3.62. The molecule has 3 rings (SSSR count). The first-order chi connectivity index (χ1) is 9.16. The van der Waals surface area contributed by atoms with Crippen molar-refractivity contribution in [2.24, 2.45) is 13.0 Å². The van der Waals surface area contributed by atoms with Crippen LogP contribution in [0.25, 0.3) is 11.1 Å². The van der Waals surface area contributed by atoms with E-state index in [1.165, 1.54) is 19.3 Å². The molecule has 4 heteroatoms. The van der Waals surface area contributed by atoms with Gasteiger partial charge in [-0.25, -0.2) is 0 Å². The van der Waals surface area contributed by atoms with Crippen LogP contribution in [0.2, 0.25) is 0 Å². The highest BCUT2D eigenvalue weighted by atomic mass is 79.9. The van der Waals surface area contributed by atoms with Gasteiger partial charge in [0.2, 0.25) is 0 Å². The summed E-state index contributed by atoms with van der Waals surface area (Å²) in [5.41, 5.74) is 9.59. The van der Waals surface area contributed by atoms with Gasteiger partial charge in [0.25, 0.3) is 0 Å². The van der Waals surface area contributed by atoms with Crippen LogP contribution in [0.15, 0.2) is 28.7 Å². The average Bonchev–Trinajstić information content (AvgIpc) is 2.61. The molecule has 2 aromatic rings. The number of aryl methyl sites for hydroxylation is 1. The number of anilines is 1. The molecule has 2 N–H and O–H groups in total. The molecular weight excluding hydrogens is 302 g/mol. The van der Waals surface area contributed by atoms with E-state index in [4.69, 9.17) is 5.73 Å². The lowest BCUT2D eigenvalue weighted by Gasteiger charge is -2.24. The highest BCUT2D eigenvalue weighted by molar-refractivity contribution is 9.10. The molecule has 19 heavy (non-hydrogen) atoms. The second-order valence-corrected chi connectivity index (χ2v) is 6.17. The molecule has 0 saturated heterocycles. The highest BCUT2D eigenvalue weighted by Gasteiger charge is 2.24. The summed E-state index contributed by atoms with van der Waals surface area (Å²) in [5.74, 6) is 1.54. The van der Waals surface area contributed by atoms with Crippen LogP contribution in [0, 0.1) is 5.92 Å². The number of nitrogens with two attached hydrogens (primary N) is 1. The quantitative estimate of drug-likeness (QED) is 0.935. The van der Waals surface area contributed by atoms with Crippen LogP contribution in [0.3, 0.4) is 0 Å². The summed E-state index contributed by atoms with van der Waals surface area (Å²) in [6.07, 6.45) is 5.05. The van der Waals surface area contributed by atoms with Crippen LogP contribution < -0.4 is 5.73 Å². The molecule has 1 aromatic heterocycles. The first-order valence-electron chi connectivity index (χ1n) is 6.73. The summed E-state index contributed by atoms with van der Waals surface area (Å²) in [6, 6.07) is 8.21. The molecule has 1 aliphatic carbocycles. The molecule has 0 bridgehead atoms. The Morgan fingerprint density at radius 1 is 1.37 bits per heavy atom. The van der Waals surface area contributed by atoms with Gasteiger partial charge < -0.3 is 5.73 Å². The predicted molar refractivity (Wildman–Crippen MR) is 81.8 cm³/mol. The number of hydrogen-bond donors (Lipinski definition) is 1. The number of nitrogen functional groups attached to an aromatic ring is 1. The summed E-state index contributed by atoms with van der Waals surface area (Å²) in [6.45, 7) is 0. The second-order valence-electron chi connectivity index (χ2n) is 5.31. The molecule has 0 atom stereocenters. The van der Waals surface area contributed by atoms with Gasteiger partial charge in [-0.3, -0.25) is 4.68 Å². The highest BCUT2D eigenvalue weighted by Crippen LogP contribution is 2.38. The van der Waals surface area contributed by atoms with E-state index in [-0.39, 0.29) is 0 Å². The Morgan fingerprint density at radius 2 is 2.11 bits per heavy atom. The number of halogens is 1. The van der Waals surface area contributed by atoms with Crippen LogP contribution in [0.1, 0.15) is 25.0 Å². The second kappa shape index (κ2) is 5.00. The van der Waals surface area contributed by atoms with Crippen LogP contribution in [-0.4, -0.2) is 9.78 Å². The molecule has 1 fully saturated rings. The van der Waals surface area contributed by atoms with Crippen LogP contribution in [0.4, 0.5) is 5.82 Å². The van der Waals surface area contributed by atoms with E-state index in [0.29, 0.717) is 0 Å². The van der Waals surface area contributed by atoms with Crippen LogP contribution in [-0.2, 0) is 13.5 Å². The largest absolute Gasteiger partial charge is 0.383 e. The molecule has 1 aliphatic rings. The van der Waals surface area contributed by atoms with Crippen molar-refractivity contribution in [1.82, 2.24) is 9.78 Å². The van der Waals surface area contributed by atoms with Crippen molar-refractivity contribution in [2.45, 2.75) is 25.7 Å². The minimum atomic E-state index is 0.751. The van der Waals surface area contributed by atoms with Gasteiger partial charge >= 0.3 is 0 Å². The minimum Gasteiger partial charge on any atom is -0.383 e. The maximum Gasteiger partial charge on any atom is 0.129 e. The standard InChI is InChI=1S/C15H18BrN3/c1-19-15(17)14(11-7-2-3-8-12(11)16)13(18-19)9-10-5-4-6-10/h2-3,7-8,10H,4-6,9,17H2,1H3. The molecular formula is C15H18BrN3. The zero-order valence-electron chi connectivity index (χ0n) is 11.1. The smallest absolute Gasteiger partial charge is 0.129 e. The van der Waals surface area contributed by atoms with Crippen molar-refractivity contribution >= 4 is 21.7 Å². The number of rotatable bonds is 3. The summed E-state index contributed by atoms with van der Waals surface area (Å²) in [7, 11) is 1.92. The Balaban J connectivity index is 2.05. The number of hydrogen-bond acceptors (Lipinski definition) is 2. The predicted octanol–water partition coefficient (Wildman–Crippen LogP) is 3.77. The van der Waals surface area contributed by atoms with E-state index in [1.54, 1.807) is 4.68 Å². The SMILES string of the molecule is Cn1nc(CC2CCC2)c(-c2ccccc2Br)c1N. The molecule has 0 unspecified atom stereocenters. The molecule has 0 amide bonds. The fraction of sp³-hybridized carbons (Fsp3) is 0.400. The maximum atomic E-state index is 6.22. The van der Waals surface area contributed by atoms with Crippen molar-refractivity contribution < 1.29 is 0 Å². The van der Waals surface area contributed by atoms with Gasteiger partial charge in [0, 0.05) is 22.6 Å². The van der Waals surface area contributed by atoms with E-state index in [9.17, 15) is 0 Å². The van der Waals surface area contributed by atoms with Gasteiger partial charge in [-0.1, -0.05) is 53.4 Å². The molecule has 0 radical (unpaired) electrons. The summed E-state index contributed by atoms with van der Waals surface area (Å²) in [5, 5.41) is 4.62. The molecule has 3 nitrogen and oxygen atoms in total. The van der Waals surface area contributed by atoms with Crippen molar-refractivity contribution in [1.29, 1.82) is 0 Å². The van der Waals surface area contributed by atoms with Crippen LogP contribution >= 0.6 is 15.9 Å². The van der Waals surface area contributed by atoms with Gasteiger partial charge in [-0.15, -0.1) is 0 Å². The first-order valence-corrected chi connectivity index (χ1v) is 7.52. The zero-order chi connectivity index (χ0) is 13.4. The van der Waals surface area contributed by atoms with E-state index in [0.717, 1.165) is 39.5 Å². The lowest BCUT2D eigenvalue weighted by Crippen LogP contribution is -2.14. The van der Waals surface area contributed by atoms with E-state index in [2.05, 4.69) is 33.2 Å². The molecule has 1 aromatic carbocycles. The van der Waals surface area contributed by atoms with Crippen molar-refractivity contribution in [3.8, 4) is 11.1 Å². The third-order valence-electron chi connectivity index (χ3n) is 4.01. The molecule has 0 aliphatic heterocycles. The molecule has 100 valence electrons. The van der Waals surface area contributed by atoms with Gasteiger partial charge in [0.05, 0.1) is 5.69 Å². The normalized spacial score (nSPS) is 15.5. The van der Waals surface area contributed by atoms with Crippen molar-refractivity contribution in [3.05, 3.63) is 34.4 Å². The topological polar surface area (TPSA) is 43.8 Å². The Bertz CT molecular complexity index is 599. The Morgan fingerprint density at radius 3 is 2.74 bits per heavy atom. The van der Waals surface area contributed by atoms with Gasteiger partial charge in [0.1, 0.15) is 5.82 Å². The van der Waals surface area contributed by atoms with Crippen LogP contribution in [0.5, 0.6) is 0 Å². The third kappa shape index (κ3) is 2.29. The Labute approximate surface area is 121 Å². The Hall–Kier alpha value is -1.29. The van der Waals surface area contributed by atoms with Crippen molar-refractivity contribution in [2.75, 3.05) is 5.73 Å².